The Bertz CT molecular complexity index is 704. The fourth-order valence-electron chi connectivity index (χ4n) is 1.79. The van der Waals surface area contributed by atoms with Gasteiger partial charge in [-0.1, -0.05) is 36.4 Å². The molecule has 0 radical (unpaired) electrons. The number of hydrogen-bond donors (Lipinski definition) is 2. The first-order chi connectivity index (χ1) is 11.0. The lowest BCUT2D eigenvalue weighted by atomic mass is 10.3. The molecule has 0 heterocycles. The van der Waals surface area contributed by atoms with Crippen LogP contribution in [0.5, 0.6) is 0 Å². The minimum Gasteiger partial charge on any atom is -0.291 e. The maximum atomic E-state index is 12.4. The zero-order chi connectivity index (χ0) is 16.8. The van der Waals surface area contributed by atoms with E-state index >= 15 is 0 Å². The van der Waals surface area contributed by atoms with Crippen molar-refractivity contribution >= 4 is 29.1 Å². The predicted molar refractivity (Wildman–Crippen MR) is 85.7 cm³/mol. The summed E-state index contributed by atoms with van der Waals surface area (Å²) in [7, 11) is 0. The fourth-order valence-corrected chi connectivity index (χ4v) is 1.79. The highest BCUT2D eigenvalue weighted by molar-refractivity contribution is 6.42. The van der Waals surface area contributed by atoms with Crippen LogP contribution >= 0.6 is 0 Å². The number of hydrazine groups is 2. The number of hydrogen-bond acceptors (Lipinski definition) is 5. The highest BCUT2D eigenvalue weighted by Gasteiger charge is 2.29. The van der Waals surface area contributed by atoms with Gasteiger partial charge in [0.1, 0.15) is 0 Å². The Morgan fingerprint density at radius 1 is 0.870 bits per heavy atom. The Hall–Kier alpha value is -3.19. The molecule has 0 saturated carbocycles. The number of imide groups is 1. The maximum absolute atomic E-state index is 12.4. The predicted octanol–water partition coefficient (Wildman–Crippen LogP) is 1.30. The molecule has 0 atom stereocenters. The van der Waals surface area contributed by atoms with Crippen LogP contribution in [-0.4, -0.2) is 22.7 Å². The maximum Gasteiger partial charge on any atom is 0.336 e. The number of carbonyl (C=O) groups excluding carboxylic acids is 3. The zero-order valence-electron chi connectivity index (χ0n) is 12.5. The molecule has 0 fully saturated rings. The molecule has 3 N–H and O–H groups in total. The van der Waals surface area contributed by atoms with Crippen LogP contribution in [0.1, 0.15) is 6.92 Å². The normalized spacial score (nSPS) is 9.83. The lowest BCUT2D eigenvalue weighted by Gasteiger charge is -2.25. The Labute approximate surface area is 133 Å². The summed E-state index contributed by atoms with van der Waals surface area (Å²) >= 11 is 0. The number of benzene rings is 2. The van der Waals surface area contributed by atoms with E-state index in [1.165, 1.54) is 0 Å². The molecule has 0 aliphatic carbocycles. The molecule has 0 aromatic heterocycles. The molecule has 118 valence electrons. The number of carbonyl (C=O) groups is 3. The summed E-state index contributed by atoms with van der Waals surface area (Å²) in [5.74, 6) is 2.49. The summed E-state index contributed by atoms with van der Waals surface area (Å²) in [6.07, 6.45) is 0. The van der Waals surface area contributed by atoms with E-state index in [1.54, 1.807) is 54.6 Å². The Morgan fingerprint density at radius 2 is 1.39 bits per heavy atom. The largest absolute Gasteiger partial charge is 0.336 e. The van der Waals surface area contributed by atoms with Crippen molar-refractivity contribution in [1.29, 1.82) is 0 Å². The Kier molecular flexibility index (Phi) is 5.06. The van der Waals surface area contributed by atoms with Crippen LogP contribution < -0.4 is 16.3 Å². The third kappa shape index (κ3) is 3.92. The minimum atomic E-state index is -1.13. The molecule has 3 amide bonds. The van der Waals surface area contributed by atoms with Gasteiger partial charge in [0.2, 0.25) is 5.91 Å². The second-order valence-electron chi connectivity index (χ2n) is 4.65. The monoisotopic (exact) mass is 312 g/mol. The summed E-state index contributed by atoms with van der Waals surface area (Å²) in [6.45, 7) is 1.10. The fraction of sp³-hybridized carbons (Fsp3) is 0.0625. The molecular weight excluding hydrogens is 296 g/mol. The van der Waals surface area contributed by atoms with E-state index in [9.17, 15) is 14.4 Å². The van der Waals surface area contributed by atoms with Crippen molar-refractivity contribution in [3.63, 3.8) is 0 Å². The smallest absolute Gasteiger partial charge is 0.291 e. The number of rotatable bonds is 3. The van der Waals surface area contributed by atoms with Crippen molar-refractivity contribution in [3.8, 4) is 0 Å². The van der Waals surface area contributed by atoms with E-state index in [0.29, 0.717) is 11.4 Å². The molecular formula is C16H16N4O3. The Balaban J connectivity index is 2.32. The lowest BCUT2D eigenvalue weighted by Crippen LogP contribution is -2.52. The van der Waals surface area contributed by atoms with Crippen LogP contribution in [-0.2, 0) is 14.4 Å². The van der Waals surface area contributed by atoms with Gasteiger partial charge in [0.05, 0.1) is 11.4 Å². The summed E-state index contributed by atoms with van der Waals surface area (Å²) in [5, 5.41) is 1.32. The van der Waals surface area contributed by atoms with Crippen LogP contribution in [0.4, 0.5) is 11.4 Å². The number of nitrogens with two attached hydrogens (primary N) is 1. The lowest BCUT2D eigenvalue weighted by molar-refractivity contribution is -0.150. The molecule has 0 aliphatic heterocycles. The number of para-hydroxylation sites is 2. The summed E-state index contributed by atoms with van der Waals surface area (Å²) in [6, 6.07) is 17.4. The summed E-state index contributed by atoms with van der Waals surface area (Å²) in [5.41, 5.74) is 3.88. The van der Waals surface area contributed by atoms with Gasteiger partial charge in [-0.05, 0) is 24.3 Å². The van der Waals surface area contributed by atoms with Gasteiger partial charge in [-0.25, -0.2) is 15.9 Å². The summed E-state index contributed by atoms with van der Waals surface area (Å²) in [4.78, 5) is 35.7. The van der Waals surface area contributed by atoms with Gasteiger partial charge >= 0.3 is 11.8 Å². The van der Waals surface area contributed by atoms with E-state index in [1.807, 2.05) is 6.07 Å². The molecule has 7 heteroatoms. The van der Waals surface area contributed by atoms with E-state index in [0.717, 1.165) is 11.9 Å². The van der Waals surface area contributed by atoms with Crippen LogP contribution in [0, 0.1) is 0 Å². The first-order valence-corrected chi connectivity index (χ1v) is 6.81. The quantitative estimate of drug-likeness (QED) is 0.385. The van der Waals surface area contributed by atoms with Gasteiger partial charge in [0.25, 0.3) is 0 Å². The minimum absolute atomic E-state index is 0.283. The molecule has 2 rings (SSSR count). The van der Waals surface area contributed by atoms with Crippen LogP contribution in [0.3, 0.4) is 0 Å². The van der Waals surface area contributed by atoms with Crippen LogP contribution in [0.2, 0.25) is 0 Å². The van der Waals surface area contributed by atoms with Gasteiger partial charge in [-0.15, -0.1) is 0 Å². The topological polar surface area (TPSA) is 95.7 Å². The average molecular weight is 312 g/mol. The third-order valence-electron chi connectivity index (χ3n) is 2.97. The number of anilines is 2. The van der Waals surface area contributed by atoms with Crippen LogP contribution in [0.25, 0.3) is 0 Å². The third-order valence-corrected chi connectivity index (χ3v) is 2.97. The molecule has 0 bridgehead atoms. The molecule has 2 aromatic rings. The highest BCUT2D eigenvalue weighted by Crippen LogP contribution is 2.16. The molecule has 0 spiro atoms. The van der Waals surface area contributed by atoms with E-state index in [-0.39, 0.29) is 5.01 Å². The number of amides is 3. The van der Waals surface area contributed by atoms with E-state index in [4.69, 9.17) is 5.84 Å². The van der Waals surface area contributed by atoms with Gasteiger partial charge < -0.3 is 0 Å². The summed E-state index contributed by atoms with van der Waals surface area (Å²) < 4.78 is 0. The van der Waals surface area contributed by atoms with Crippen molar-refractivity contribution in [1.82, 2.24) is 5.01 Å². The van der Waals surface area contributed by atoms with E-state index in [2.05, 4.69) is 5.43 Å². The zero-order valence-corrected chi connectivity index (χ0v) is 12.5. The molecule has 7 nitrogen and oxygen atoms in total. The number of nitrogens with zero attached hydrogens (tertiary/aromatic N) is 2. The van der Waals surface area contributed by atoms with Crippen molar-refractivity contribution in [2.24, 2.45) is 5.84 Å². The molecule has 23 heavy (non-hydrogen) atoms. The van der Waals surface area contributed by atoms with Gasteiger partial charge in [0, 0.05) is 6.92 Å². The first-order valence-electron chi connectivity index (χ1n) is 6.81. The molecule has 0 saturated heterocycles. The van der Waals surface area contributed by atoms with Gasteiger partial charge in [0.15, 0.2) is 0 Å². The van der Waals surface area contributed by atoms with Crippen molar-refractivity contribution in [2.45, 2.75) is 6.92 Å². The molecule has 0 aliphatic rings. The van der Waals surface area contributed by atoms with E-state index < -0.39 is 17.7 Å². The number of nitrogens with one attached hydrogen (secondary N) is 1. The van der Waals surface area contributed by atoms with Crippen LogP contribution in [0.15, 0.2) is 60.7 Å². The second kappa shape index (κ2) is 7.19. The molecule has 2 aromatic carbocycles. The molecule has 0 unspecified atom stereocenters. The van der Waals surface area contributed by atoms with Gasteiger partial charge in [-0.3, -0.25) is 19.8 Å². The highest BCUT2D eigenvalue weighted by atomic mass is 16.2. The average Bonchev–Trinajstić information content (AvgIpc) is 2.59. The van der Waals surface area contributed by atoms with Gasteiger partial charge in [-0.2, -0.15) is 0 Å². The van der Waals surface area contributed by atoms with Crippen molar-refractivity contribution in [3.05, 3.63) is 60.7 Å². The Morgan fingerprint density at radius 3 is 1.91 bits per heavy atom. The first kappa shape index (κ1) is 16.2. The second-order valence-corrected chi connectivity index (χ2v) is 4.65. The van der Waals surface area contributed by atoms with Crippen molar-refractivity contribution < 1.29 is 14.4 Å². The van der Waals surface area contributed by atoms with Crippen molar-refractivity contribution in [2.75, 3.05) is 10.4 Å². The SMILES string of the molecule is CC(=O)N(N)C(=O)C(=O)N(Nc1ccccc1)c1ccccc1. The standard InChI is InChI=1S/C16H16N4O3/c1-12(21)19(17)15(22)16(23)20(14-10-6-3-7-11-14)18-13-8-4-2-5-9-13/h2-11,18H,17H2,1H3.